The lowest BCUT2D eigenvalue weighted by molar-refractivity contribution is -0.229. The number of aliphatic carboxylic acids is 1. The van der Waals surface area contributed by atoms with E-state index in [1.165, 1.54) is 0 Å². The van der Waals surface area contributed by atoms with Crippen molar-refractivity contribution in [2.45, 2.75) is 55.8 Å². The molecular weight excluding hydrogens is 286 g/mol. The van der Waals surface area contributed by atoms with Crippen LogP contribution in [0.3, 0.4) is 0 Å². The fourth-order valence-corrected chi connectivity index (χ4v) is 2.14. The van der Waals surface area contributed by atoms with Crippen molar-refractivity contribution in [3.05, 3.63) is 0 Å². The van der Waals surface area contributed by atoms with Crippen LogP contribution in [-0.2, 0) is 14.3 Å². The molecule has 0 aromatic carbocycles. The Hall–Kier alpha value is -1.10. The molecule has 0 bridgehead atoms. The van der Waals surface area contributed by atoms with Crippen LogP contribution in [0.5, 0.6) is 0 Å². The molecule has 0 unspecified atom stereocenters. The van der Waals surface area contributed by atoms with E-state index in [9.17, 15) is 24.9 Å². The summed E-state index contributed by atoms with van der Waals surface area (Å²) < 4.78 is 5.17. The number of carboxylic acid groups (broad SMARTS) is 1. The van der Waals surface area contributed by atoms with Crippen LogP contribution in [0, 0.1) is 0 Å². The first-order valence-electron chi connectivity index (χ1n) is 6.58. The third kappa shape index (κ3) is 4.70. The van der Waals surface area contributed by atoms with Crippen molar-refractivity contribution in [3.63, 3.8) is 0 Å². The molecule has 122 valence electrons. The zero-order chi connectivity index (χ0) is 16.2. The quantitative estimate of drug-likeness (QED) is 0.286. The summed E-state index contributed by atoms with van der Waals surface area (Å²) in [6, 6.07) is -1.02. The van der Waals surface area contributed by atoms with Crippen LogP contribution in [-0.4, -0.2) is 80.5 Å². The molecule has 9 heteroatoms. The van der Waals surface area contributed by atoms with E-state index in [2.05, 4.69) is 0 Å². The molecule has 1 saturated heterocycles. The Kier molecular flexibility index (Phi) is 6.65. The lowest BCUT2D eigenvalue weighted by Gasteiger charge is -2.40. The molecule has 0 radical (unpaired) electrons. The number of Topliss-reactive ketones (excluding diaryl/α,β-unsaturated/α-hetero) is 1. The molecule has 1 aliphatic heterocycles. The highest BCUT2D eigenvalue weighted by atomic mass is 16.5. The fraction of sp³-hybridized carbons (Fsp3) is 0.833. The number of aliphatic hydroxyl groups excluding tert-OH is 4. The van der Waals surface area contributed by atoms with Gasteiger partial charge in [0.1, 0.15) is 24.4 Å². The van der Waals surface area contributed by atoms with Crippen molar-refractivity contribution in [1.29, 1.82) is 0 Å². The maximum atomic E-state index is 11.8. The van der Waals surface area contributed by atoms with Crippen LogP contribution in [0.15, 0.2) is 0 Å². The van der Waals surface area contributed by atoms with Gasteiger partial charge in [-0.15, -0.1) is 0 Å². The molecule has 1 rings (SSSR count). The van der Waals surface area contributed by atoms with Crippen molar-refractivity contribution >= 4 is 11.8 Å². The molecule has 0 aromatic heterocycles. The van der Waals surface area contributed by atoms with E-state index in [0.717, 1.165) is 0 Å². The van der Waals surface area contributed by atoms with Crippen molar-refractivity contribution in [2.24, 2.45) is 5.73 Å². The number of hydrogen-bond acceptors (Lipinski definition) is 8. The Bertz CT molecular complexity index is 374. The Morgan fingerprint density at radius 1 is 1.10 bits per heavy atom. The minimum atomic E-state index is -1.55. The second-order valence-corrected chi connectivity index (χ2v) is 5.08. The van der Waals surface area contributed by atoms with Gasteiger partial charge in [0.05, 0.1) is 18.8 Å². The Morgan fingerprint density at radius 3 is 2.19 bits per heavy atom. The maximum Gasteiger partial charge on any atom is 0.303 e. The van der Waals surface area contributed by atoms with Crippen molar-refractivity contribution < 1.29 is 39.9 Å². The first kappa shape index (κ1) is 18.0. The van der Waals surface area contributed by atoms with Gasteiger partial charge in [-0.3, -0.25) is 9.59 Å². The van der Waals surface area contributed by atoms with E-state index in [-0.39, 0.29) is 19.3 Å². The summed E-state index contributed by atoms with van der Waals surface area (Å²) in [5.74, 6) is -1.60. The van der Waals surface area contributed by atoms with E-state index in [0.29, 0.717) is 0 Å². The minimum Gasteiger partial charge on any atom is -0.481 e. The van der Waals surface area contributed by atoms with Gasteiger partial charge in [0, 0.05) is 12.8 Å². The molecule has 0 amide bonds. The zero-order valence-corrected chi connectivity index (χ0v) is 11.3. The molecule has 6 atom stereocenters. The number of carbonyl (C=O) groups is 2. The van der Waals surface area contributed by atoms with Crippen LogP contribution in [0.1, 0.15) is 19.3 Å². The van der Waals surface area contributed by atoms with Crippen molar-refractivity contribution in [2.75, 3.05) is 6.61 Å². The van der Waals surface area contributed by atoms with Gasteiger partial charge in [0.15, 0.2) is 5.78 Å². The maximum absolute atomic E-state index is 11.8. The van der Waals surface area contributed by atoms with Gasteiger partial charge in [0.2, 0.25) is 0 Å². The summed E-state index contributed by atoms with van der Waals surface area (Å²) in [5, 5.41) is 46.5. The SMILES string of the molecule is N[C@@H](CCC(=O)O)C(=O)C[C@@H]1O[C@H](CO)[C@@H](O)[C@H](O)[C@H]1O. The third-order valence-corrected chi connectivity index (χ3v) is 3.48. The highest BCUT2D eigenvalue weighted by Gasteiger charge is 2.44. The summed E-state index contributed by atoms with van der Waals surface area (Å²) >= 11 is 0. The Labute approximate surface area is 120 Å². The minimum absolute atomic E-state index is 0.0500. The largest absolute Gasteiger partial charge is 0.481 e. The summed E-state index contributed by atoms with van der Waals surface area (Å²) in [7, 11) is 0. The molecule has 9 nitrogen and oxygen atoms in total. The van der Waals surface area contributed by atoms with Gasteiger partial charge in [-0.2, -0.15) is 0 Å². The standard InChI is InChI=1S/C12H21NO8/c13-5(1-2-9(16)17)6(15)3-7-10(18)12(20)11(19)8(4-14)21-7/h5,7-8,10-12,14,18-20H,1-4,13H2,(H,16,17)/t5-,7-,8+,10-,11+,12+/m0/s1. The molecule has 0 aliphatic carbocycles. The van der Waals surface area contributed by atoms with Gasteiger partial charge in [0.25, 0.3) is 0 Å². The second-order valence-electron chi connectivity index (χ2n) is 5.08. The molecular formula is C12H21NO8. The molecule has 1 heterocycles. The fourth-order valence-electron chi connectivity index (χ4n) is 2.14. The van der Waals surface area contributed by atoms with Gasteiger partial charge < -0.3 is 36.0 Å². The first-order valence-corrected chi connectivity index (χ1v) is 6.58. The van der Waals surface area contributed by atoms with E-state index in [1.807, 2.05) is 0 Å². The van der Waals surface area contributed by atoms with E-state index >= 15 is 0 Å². The smallest absolute Gasteiger partial charge is 0.303 e. The van der Waals surface area contributed by atoms with Crippen molar-refractivity contribution in [3.8, 4) is 0 Å². The van der Waals surface area contributed by atoms with Gasteiger partial charge in [-0.05, 0) is 6.42 Å². The highest BCUT2D eigenvalue weighted by molar-refractivity contribution is 5.84. The third-order valence-electron chi connectivity index (χ3n) is 3.48. The zero-order valence-electron chi connectivity index (χ0n) is 11.3. The Balaban J connectivity index is 2.59. The molecule has 0 saturated carbocycles. The van der Waals surface area contributed by atoms with Crippen LogP contribution >= 0.6 is 0 Å². The molecule has 7 N–H and O–H groups in total. The average Bonchev–Trinajstić information content (AvgIpc) is 2.44. The summed E-state index contributed by atoms with van der Waals surface area (Å²) in [6.45, 7) is -0.583. The average molecular weight is 307 g/mol. The lowest BCUT2D eigenvalue weighted by Crippen LogP contribution is -2.59. The number of ether oxygens (including phenoxy) is 1. The summed E-state index contributed by atoms with van der Waals surface area (Å²) in [5.41, 5.74) is 5.55. The van der Waals surface area contributed by atoms with Crippen molar-refractivity contribution in [1.82, 2.24) is 0 Å². The van der Waals surface area contributed by atoms with Crippen LogP contribution in [0.4, 0.5) is 0 Å². The number of carboxylic acids is 1. The van der Waals surface area contributed by atoms with E-state index in [4.69, 9.17) is 20.7 Å². The van der Waals surface area contributed by atoms with Gasteiger partial charge in [-0.25, -0.2) is 0 Å². The Morgan fingerprint density at radius 2 is 1.67 bits per heavy atom. The number of ketones is 1. The van der Waals surface area contributed by atoms with Crippen LogP contribution in [0.25, 0.3) is 0 Å². The van der Waals surface area contributed by atoms with Crippen LogP contribution < -0.4 is 5.73 Å². The molecule has 0 spiro atoms. The lowest BCUT2D eigenvalue weighted by atomic mass is 9.91. The molecule has 1 aliphatic rings. The number of aliphatic hydroxyl groups is 4. The van der Waals surface area contributed by atoms with Crippen LogP contribution in [0.2, 0.25) is 0 Å². The summed E-state index contributed by atoms with van der Waals surface area (Å²) in [4.78, 5) is 22.2. The highest BCUT2D eigenvalue weighted by Crippen LogP contribution is 2.23. The van der Waals surface area contributed by atoms with Gasteiger partial charge in [-0.1, -0.05) is 0 Å². The predicted octanol–water partition coefficient (Wildman–Crippen LogP) is -3.02. The second kappa shape index (κ2) is 7.78. The van der Waals surface area contributed by atoms with E-state index < -0.39 is 54.9 Å². The number of nitrogens with two attached hydrogens (primary N) is 1. The molecule has 0 aromatic rings. The number of carbonyl (C=O) groups excluding carboxylic acids is 1. The predicted molar refractivity (Wildman–Crippen MR) is 68.2 cm³/mol. The first-order chi connectivity index (χ1) is 9.77. The molecule has 21 heavy (non-hydrogen) atoms. The van der Waals surface area contributed by atoms with E-state index in [1.54, 1.807) is 0 Å². The normalized spacial score (nSPS) is 34.4. The van der Waals surface area contributed by atoms with Gasteiger partial charge >= 0.3 is 5.97 Å². The monoisotopic (exact) mass is 307 g/mol. The molecule has 1 fully saturated rings. The number of rotatable bonds is 7. The summed E-state index contributed by atoms with van der Waals surface area (Å²) in [6.07, 6.45) is -7.41. The topological polar surface area (TPSA) is 171 Å². The number of hydrogen-bond donors (Lipinski definition) is 6.